The number of nitrogens with zero attached hydrogens (tertiary/aromatic N) is 1. The van der Waals surface area contributed by atoms with Gasteiger partial charge >= 0.3 is 0 Å². The molecule has 0 aliphatic carbocycles. The van der Waals surface area contributed by atoms with Gasteiger partial charge in [-0.05, 0) is 53.6 Å². The van der Waals surface area contributed by atoms with Crippen LogP contribution in [-0.2, 0) is 11.3 Å². The zero-order valence-electron chi connectivity index (χ0n) is 17.1. The van der Waals surface area contributed by atoms with E-state index in [4.69, 9.17) is 15.2 Å². The van der Waals surface area contributed by atoms with E-state index in [2.05, 4.69) is 28.8 Å². The van der Waals surface area contributed by atoms with Crippen LogP contribution >= 0.6 is 0 Å². The summed E-state index contributed by atoms with van der Waals surface area (Å²) in [5, 5.41) is 1.12. The Hall–Kier alpha value is -3.73. The van der Waals surface area contributed by atoms with Crippen molar-refractivity contribution in [1.29, 1.82) is 0 Å². The predicted octanol–water partition coefficient (Wildman–Crippen LogP) is 4.87. The zero-order chi connectivity index (χ0) is 21.1. The van der Waals surface area contributed by atoms with Crippen molar-refractivity contribution in [3.63, 3.8) is 0 Å². The quantitative estimate of drug-likeness (QED) is 0.481. The molecule has 0 aliphatic heterocycles. The van der Waals surface area contributed by atoms with E-state index < -0.39 is 0 Å². The number of benzene rings is 3. The van der Waals surface area contributed by atoms with Crippen LogP contribution in [0.25, 0.3) is 33.3 Å². The number of para-hydroxylation sites is 1. The number of hydrogen-bond donors (Lipinski definition) is 1. The highest BCUT2D eigenvalue weighted by Gasteiger charge is 2.20. The van der Waals surface area contributed by atoms with Crippen molar-refractivity contribution in [2.24, 2.45) is 5.73 Å². The number of methoxy groups -OCH3 is 2. The molecule has 0 spiro atoms. The molecule has 0 radical (unpaired) electrons. The minimum absolute atomic E-state index is 0.268. The molecule has 0 saturated carbocycles. The first-order chi connectivity index (χ1) is 14.6. The number of aryl methyl sites for hydroxylation is 1. The van der Waals surface area contributed by atoms with Gasteiger partial charge in [-0.2, -0.15) is 0 Å². The Kier molecular flexibility index (Phi) is 5.44. The van der Waals surface area contributed by atoms with Crippen LogP contribution in [-0.4, -0.2) is 24.7 Å². The lowest BCUT2D eigenvalue weighted by Crippen LogP contribution is -2.14. The number of rotatable bonds is 7. The smallest absolute Gasteiger partial charge is 0.219 e. The third-order valence-corrected chi connectivity index (χ3v) is 5.29. The molecule has 4 rings (SSSR count). The van der Waals surface area contributed by atoms with Crippen molar-refractivity contribution in [3.8, 4) is 33.9 Å². The maximum atomic E-state index is 11.6. The summed E-state index contributed by atoms with van der Waals surface area (Å²) in [4.78, 5) is 11.6. The molecule has 30 heavy (non-hydrogen) atoms. The van der Waals surface area contributed by atoms with Crippen molar-refractivity contribution in [1.82, 2.24) is 4.57 Å². The fourth-order valence-electron chi connectivity index (χ4n) is 3.86. The monoisotopic (exact) mass is 400 g/mol. The second-order valence-corrected chi connectivity index (χ2v) is 7.07. The van der Waals surface area contributed by atoms with E-state index in [-0.39, 0.29) is 12.3 Å². The topological polar surface area (TPSA) is 66.5 Å². The number of aromatic nitrogens is 1. The minimum atomic E-state index is -0.320. The third-order valence-electron chi connectivity index (χ3n) is 5.29. The highest BCUT2D eigenvalue weighted by Crippen LogP contribution is 2.41. The fourth-order valence-corrected chi connectivity index (χ4v) is 3.86. The van der Waals surface area contributed by atoms with E-state index in [1.54, 1.807) is 14.2 Å². The molecule has 5 heteroatoms. The van der Waals surface area contributed by atoms with Crippen LogP contribution in [0.3, 0.4) is 0 Å². The molecule has 1 heterocycles. The Balaban J connectivity index is 2.00. The lowest BCUT2D eigenvalue weighted by molar-refractivity contribution is -0.118. The molecule has 3 aromatic carbocycles. The molecule has 0 aliphatic rings. The van der Waals surface area contributed by atoms with Crippen molar-refractivity contribution in [2.45, 2.75) is 13.0 Å². The van der Waals surface area contributed by atoms with Gasteiger partial charge in [0.2, 0.25) is 5.91 Å². The Morgan fingerprint density at radius 2 is 1.40 bits per heavy atom. The number of primary amides is 1. The van der Waals surface area contributed by atoms with Crippen LogP contribution in [0.15, 0.2) is 72.8 Å². The van der Waals surface area contributed by atoms with E-state index in [0.717, 1.165) is 44.8 Å². The van der Waals surface area contributed by atoms with Crippen molar-refractivity contribution >= 4 is 16.8 Å². The summed E-state index contributed by atoms with van der Waals surface area (Å²) < 4.78 is 12.8. The van der Waals surface area contributed by atoms with Gasteiger partial charge in [-0.15, -0.1) is 0 Å². The summed E-state index contributed by atoms with van der Waals surface area (Å²) in [7, 11) is 3.31. The molecule has 0 atom stereocenters. The van der Waals surface area contributed by atoms with Crippen molar-refractivity contribution in [3.05, 3.63) is 72.8 Å². The van der Waals surface area contributed by atoms with Crippen LogP contribution in [0.1, 0.15) is 6.42 Å². The summed E-state index contributed by atoms with van der Waals surface area (Å²) in [6, 6.07) is 24.3. The molecule has 0 saturated heterocycles. The number of carbonyl (C=O) groups excluding carboxylic acids is 1. The SMILES string of the molecule is COc1ccc(-c2c(-c3ccc(OC)cc3)n(CCC(N)=O)c3ccccc23)cc1. The summed E-state index contributed by atoms with van der Waals surface area (Å²) in [6.07, 6.45) is 0.268. The average molecular weight is 400 g/mol. The Morgan fingerprint density at radius 3 is 1.97 bits per heavy atom. The molecule has 4 aromatic rings. The first-order valence-electron chi connectivity index (χ1n) is 9.80. The molecular formula is C25H24N2O3. The van der Waals surface area contributed by atoms with Gasteiger partial charge in [0.25, 0.3) is 0 Å². The number of ether oxygens (including phenoxy) is 2. The van der Waals surface area contributed by atoms with E-state index in [1.165, 1.54) is 0 Å². The first kappa shape index (κ1) is 19.6. The Labute approximate surface area is 175 Å². The lowest BCUT2D eigenvalue weighted by atomic mass is 9.98. The zero-order valence-corrected chi connectivity index (χ0v) is 17.1. The molecule has 5 nitrogen and oxygen atoms in total. The standard InChI is InChI=1S/C25H24N2O3/c1-29-19-11-7-17(8-12-19)24-21-5-3-4-6-22(21)27(16-15-23(26)28)25(24)18-9-13-20(30-2)14-10-18/h3-14H,15-16H2,1-2H3,(H2,26,28). The summed E-state index contributed by atoms with van der Waals surface area (Å²) in [6.45, 7) is 0.507. The molecule has 1 amide bonds. The largest absolute Gasteiger partial charge is 0.497 e. The van der Waals surface area contributed by atoms with Gasteiger partial charge in [-0.3, -0.25) is 4.79 Å². The van der Waals surface area contributed by atoms with Gasteiger partial charge in [0.1, 0.15) is 11.5 Å². The van der Waals surface area contributed by atoms with Gasteiger partial charge in [-0.1, -0.05) is 30.3 Å². The molecule has 0 bridgehead atoms. The maximum Gasteiger partial charge on any atom is 0.219 e. The highest BCUT2D eigenvalue weighted by atomic mass is 16.5. The predicted molar refractivity (Wildman–Crippen MR) is 120 cm³/mol. The van der Waals surface area contributed by atoms with Crippen molar-refractivity contribution < 1.29 is 14.3 Å². The van der Waals surface area contributed by atoms with Gasteiger partial charge in [0, 0.05) is 29.4 Å². The third kappa shape index (κ3) is 3.62. The molecule has 0 unspecified atom stereocenters. The van der Waals surface area contributed by atoms with Crippen LogP contribution in [0.5, 0.6) is 11.5 Å². The normalized spacial score (nSPS) is 10.9. The number of nitrogens with two attached hydrogens (primary N) is 1. The number of amides is 1. The van der Waals surface area contributed by atoms with Crippen LogP contribution in [0.4, 0.5) is 0 Å². The van der Waals surface area contributed by atoms with Gasteiger partial charge in [0.05, 0.1) is 19.9 Å². The maximum absolute atomic E-state index is 11.6. The van der Waals surface area contributed by atoms with Crippen LogP contribution < -0.4 is 15.2 Å². The Morgan fingerprint density at radius 1 is 0.833 bits per heavy atom. The van der Waals surface area contributed by atoms with E-state index >= 15 is 0 Å². The van der Waals surface area contributed by atoms with Gasteiger partial charge in [-0.25, -0.2) is 0 Å². The molecule has 1 aromatic heterocycles. The summed E-state index contributed by atoms with van der Waals surface area (Å²) in [5.41, 5.74) is 10.8. The second-order valence-electron chi connectivity index (χ2n) is 7.07. The number of fused-ring (bicyclic) bond motifs is 1. The molecule has 0 fully saturated rings. The highest BCUT2D eigenvalue weighted by molar-refractivity contribution is 6.04. The lowest BCUT2D eigenvalue weighted by Gasteiger charge is -2.13. The Bertz CT molecular complexity index is 1180. The van der Waals surface area contributed by atoms with Gasteiger partial charge in [0.15, 0.2) is 0 Å². The van der Waals surface area contributed by atoms with Gasteiger partial charge < -0.3 is 19.8 Å². The molecule has 2 N–H and O–H groups in total. The van der Waals surface area contributed by atoms with E-state index in [1.807, 2.05) is 48.5 Å². The van der Waals surface area contributed by atoms with E-state index in [9.17, 15) is 4.79 Å². The average Bonchev–Trinajstić information content (AvgIpc) is 3.12. The van der Waals surface area contributed by atoms with Crippen LogP contribution in [0.2, 0.25) is 0 Å². The molecular weight excluding hydrogens is 376 g/mol. The summed E-state index contributed by atoms with van der Waals surface area (Å²) in [5.74, 6) is 1.28. The van der Waals surface area contributed by atoms with Crippen LogP contribution in [0, 0.1) is 0 Å². The van der Waals surface area contributed by atoms with E-state index in [0.29, 0.717) is 6.54 Å². The second kappa shape index (κ2) is 8.33. The minimum Gasteiger partial charge on any atom is -0.497 e. The number of hydrogen-bond acceptors (Lipinski definition) is 3. The summed E-state index contributed by atoms with van der Waals surface area (Å²) >= 11 is 0. The number of carbonyl (C=O) groups is 1. The molecule has 152 valence electrons. The first-order valence-corrected chi connectivity index (χ1v) is 9.80. The van der Waals surface area contributed by atoms with Crippen molar-refractivity contribution in [2.75, 3.05) is 14.2 Å². The fraction of sp³-hybridized carbons (Fsp3) is 0.160.